The quantitative estimate of drug-likeness (QED) is 0.285. The van der Waals surface area contributed by atoms with E-state index in [-0.39, 0.29) is 41.3 Å². The van der Waals surface area contributed by atoms with Crippen molar-refractivity contribution < 1.29 is 19.0 Å². The number of hydrogen-bond acceptors (Lipinski definition) is 7. The molecule has 4 heterocycles. The normalized spacial score (nSPS) is 18.5. The van der Waals surface area contributed by atoms with Crippen LogP contribution in [0.25, 0.3) is 22.3 Å². The molecule has 1 aliphatic heterocycles. The molecule has 1 fully saturated rings. The van der Waals surface area contributed by atoms with Crippen LogP contribution in [0, 0.1) is 5.82 Å². The van der Waals surface area contributed by atoms with Gasteiger partial charge in [0.15, 0.2) is 5.82 Å². The molecule has 220 valence electrons. The molecule has 0 saturated heterocycles. The highest BCUT2D eigenvalue weighted by atomic mass is 19.1. The van der Waals surface area contributed by atoms with Gasteiger partial charge in [0, 0.05) is 28.4 Å². The summed E-state index contributed by atoms with van der Waals surface area (Å²) in [6.45, 7) is 0.937. The average molecular weight is 584 g/mol. The Morgan fingerprint density at radius 2 is 1.86 bits per heavy atom. The van der Waals surface area contributed by atoms with Crippen LogP contribution in [0.5, 0.6) is 0 Å². The predicted octanol–water partition coefficient (Wildman–Crippen LogP) is 3.87. The van der Waals surface area contributed by atoms with Gasteiger partial charge in [-0.25, -0.2) is 18.6 Å². The third kappa shape index (κ3) is 4.68. The smallest absolute Gasteiger partial charge is 0.284 e. The molecule has 43 heavy (non-hydrogen) atoms. The van der Waals surface area contributed by atoms with Crippen LogP contribution in [0.15, 0.2) is 65.7 Å². The maximum atomic E-state index is 15.8. The Labute approximate surface area is 245 Å². The van der Waals surface area contributed by atoms with Gasteiger partial charge in [0.2, 0.25) is 0 Å². The van der Waals surface area contributed by atoms with Crippen molar-refractivity contribution in [1.82, 2.24) is 24.0 Å². The van der Waals surface area contributed by atoms with Crippen LogP contribution in [0.4, 0.5) is 15.9 Å². The summed E-state index contributed by atoms with van der Waals surface area (Å²) in [5.74, 6) is -0.866. The number of benzene rings is 2. The summed E-state index contributed by atoms with van der Waals surface area (Å²) in [6.07, 6.45) is 4.00. The Morgan fingerprint density at radius 1 is 1.07 bits per heavy atom. The van der Waals surface area contributed by atoms with Gasteiger partial charge in [-0.2, -0.15) is 5.10 Å². The van der Waals surface area contributed by atoms with E-state index in [9.17, 15) is 14.7 Å². The SMILES string of the molecule is Nc1ncnn2c(C3CCC(O)CC3)cc(-c3ccc(NC(=O)c4c5n(n(-c6ccccc6)c4=O)CCOC5)cc3F)c12. The monoisotopic (exact) mass is 583 g/mol. The Balaban J connectivity index is 1.22. The number of nitrogens with two attached hydrogens (primary N) is 1. The number of hydrogen-bond donors (Lipinski definition) is 3. The van der Waals surface area contributed by atoms with Crippen molar-refractivity contribution in [1.29, 1.82) is 0 Å². The first-order valence-electron chi connectivity index (χ1n) is 14.3. The van der Waals surface area contributed by atoms with E-state index >= 15 is 4.39 Å². The van der Waals surface area contributed by atoms with Gasteiger partial charge < -0.3 is 20.9 Å². The summed E-state index contributed by atoms with van der Waals surface area (Å²) < 4.78 is 26.3. The molecule has 2 aromatic carbocycles. The zero-order valence-corrected chi connectivity index (χ0v) is 23.2. The molecule has 0 bridgehead atoms. The van der Waals surface area contributed by atoms with E-state index in [0.717, 1.165) is 18.5 Å². The van der Waals surface area contributed by atoms with Crippen molar-refractivity contribution in [2.24, 2.45) is 0 Å². The molecule has 7 rings (SSSR count). The van der Waals surface area contributed by atoms with Gasteiger partial charge in [-0.3, -0.25) is 14.3 Å². The number of nitrogens with zero attached hydrogens (tertiary/aromatic N) is 5. The van der Waals surface area contributed by atoms with Crippen molar-refractivity contribution in [3.8, 4) is 16.8 Å². The van der Waals surface area contributed by atoms with E-state index in [1.54, 1.807) is 33.5 Å². The topological polar surface area (TPSA) is 142 Å². The maximum Gasteiger partial charge on any atom is 0.284 e. The summed E-state index contributed by atoms with van der Waals surface area (Å²) >= 11 is 0. The van der Waals surface area contributed by atoms with Crippen molar-refractivity contribution in [2.75, 3.05) is 17.7 Å². The molecule has 0 unspecified atom stereocenters. The number of nitrogens with one attached hydrogen (secondary N) is 1. The van der Waals surface area contributed by atoms with Gasteiger partial charge in [0.1, 0.15) is 23.2 Å². The largest absolute Gasteiger partial charge is 0.393 e. The Kier molecular flexibility index (Phi) is 6.79. The fourth-order valence-electron chi connectivity index (χ4n) is 6.31. The predicted molar refractivity (Wildman–Crippen MR) is 158 cm³/mol. The molecule has 3 aromatic heterocycles. The number of carbonyl (C=O) groups excluding carboxylic acids is 1. The van der Waals surface area contributed by atoms with Crippen LogP contribution in [-0.2, 0) is 17.9 Å². The van der Waals surface area contributed by atoms with Gasteiger partial charge in [0.25, 0.3) is 11.5 Å². The number of aliphatic hydroxyl groups excluding tert-OH is 1. The minimum atomic E-state index is -0.644. The van der Waals surface area contributed by atoms with Crippen LogP contribution in [0.3, 0.4) is 0 Å². The Bertz CT molecular complexity index is 1910. The summed E-state index contributed by atoms with van der Waals surface area (Å²) in [6, 6.07) is 15.4. The van der Waals surface area contributed by atoms with Gasteiger partial charge in [-0.05, 0) is 62.1 Å². The second-order valence-corrected chi connectivity index (χ2v) is 11.0. The molecular formula is C31H30FN7O4. The molecule has 4 N–H and O–H groups in total. The Hall–Kier alpha value is -4.81. The number of ether oxygens (including phenoxy) is 1. The molecule has 5 aromatic rings. The van der Waals surface area contributed by atoms with E-state index in [4.69, 9.17) is 10.5 Å². The van der Waals surface area contributed by atoms with E-state index in [0.29, 0.717) is 48.5 Å². The van der Waals surface area contributed by atoms with Crippen LogP contribution in [0.1, 0.15) is 53.3 Å². The van der Waals surface area contributed by atoms with E-state index in [1.165, 1.54) is 17.1 Å². The first-order valence-corrected chi connectivity index (χ1v) is 14.3. The summed E-state index contributed by atoms with van der Waals surface area (Å²) in [5, 5.41) is 17.1. The minimum Gasteiger partial charge on any atom is -0.393 e. The number of amides is 1. The molecule has 2 aliphatic rings. The fourth-order valence-corrected chi connectivity index (χ4v) is 6.31. The zero-order valence-electron chi connectivity index (χ0n) is 23.2. The molecule has 12 heteroatoms. The van der Waals surface area contributed by atoms with E-state index in [2.05, 4.69) is 15.4 Å². The first kappa shape index (κ1) is 27.0. The first-order chi connectivity index (χ1) is 20.9. The lowest BCUT2D eigenvalue weighted by Crippen LogP contribution is -2.26. The van der Waals surface area contributed by atoms with Crippen LogP contribution >= 0.6 is 0 Å². The van der Waals surface area contributed by atoms with E-state index < -0.39 is 17.3 Å². The number of rotatable bonds is 5. The zero-order chi connectivity index (χ0) is 29.7. The lowest BCUT2D eigenvalue weighted by Gasteiger charge is -2.24. The molecule has 1 aliphatic carbocycles. The second-order valence-electron chi connectivity index (χ2n) is 11.0. The average Bonchev–Trinajstić information content (AvgIpc) is 3.54. The highest BCUT2D eigenvalue weighted by Crippen LogP contribution is 2.39. The number of aromatic nitrogens is 5. The highest BCUT2D eigenvalue weighted by molar-refractivity contribution is 6.05. The third-order valence-electron chi connectivity index (χ3n) is 8.40. The van der Waals surface area contributed by atoms with Gasteiger partial charge in [0.05, 0.1) is 37.2 Å². The van der Waals surface area contributed by atoms with Crippen molar-refractivity contribution >= 4 is 22.9 Å². The second kappa shape index (κ2) is 10.8. The summed E-state index contributed by atoms with van der Waals surface area (Å²) in [4.78, 5) is 31.1. The number of carbonyl (C=O) groups is 1. The number of fused-ring (bicyclic) bond motifs is 2. The van der Waals surface area contributed by atoms with Gasteiger partial charge in [-0.15, -0.1) is 0 Å². The van der Waals surface area contributed by atoms with Crippen LogP contribution in [0.2, 0.25) is 0 Å². The number of aliphatic hydroxyl groups is 1. The summed E-state index contributed by atoms with van der Waals surface area (Å²) in [7, 11) is 0. The maximum absolute atomic E-state index is 15.8. The molecule has 0 atom stereocenters. The number of nitrogen functional groups attached to an aromatic ring is 1. The van der Waals surface area contributed by atoms with E-state index in [1.807, 2.05) is 24.3 Å². The molecule has 0 spiro atoms. The Morgan fingerprint density at radius 3 is 2.63 bits per heavy atom. The van der Waals surface area contributed by atoms with Crippen molar-refractivity contribution in [3.63, 3.8) is 0 Å². The van der Waals surface area contributed by atoms with Gasteiger partial charge >= 0.3 is 0 Å². The third-order valence-corrected chi connectivity index (χ3v) is 8.40. The lowest BCUT2D eigenvalue weighted by atomic mass is 9.85. The molecule has 11 nitrogen and oxygen atoms in total. The molecule has 1 saturated carbocycles. The lowest BCUT2D eigenvalue weighted by molar-refractivity contribution is 0.0756. The van der Waals surface area contributed by atoms with Crippen LogP contribution < -0.4 is 16.6 Å². The van der Waals surface area contributed by atoms with Crippen molar-refractivity contribution in [2.45, 2.75) is 50.9 Å². The van der Waals surface area contributed by atoms with Crippen LogP contribution in [-0.4, -0.2) is 47.7 Å². The number of halogens is 1. The van der Waals surface area contributed by atoms with Crippen molar-refractivity contribution in [3.05, 3.63) is 94.0 Å². The molecular weight excluding hydrogens is 553 g/mol. The highest BCUT2D eigenvalue weighted by Gasteiger charge is 2.29. The summed E-state index contributed by atoms with van der Waals surface area (Å²) in [5.41, 5.74) is 9.24. The number of anilines is 2. The molecule has 0 radical (unpaired) electrons. The fraction of sp³-hybridized carbons (Fsp3) is 0.290. The minimum absolute atomic E-state index is 0.0429. The standard InChI is InChI=1S/C31H30FN7O4/c32-24-14-19(36-30(41)27-26-16-43-13-12-37(26)39(31(27)42)20-4-2-1-3-5-20)8-11-22(24)23-15-25(18-6-9-21(40)10-7-18)38-28(23)29(33)34-17-35-38/h1-5,8,11,14-15,17-18,21,40H,6-7,9-10,12-13,16H2,(H,36,41)(H2,33,34,35). The van der Waals surface area contributed by atoms with Gasteiger partial charge in [-0.1, -0.05) is 18.2 Å². The number of para-hydroxylation sites is 1. The molecule has 1 amide bonds.